The lowest BCUT2D eigenvalue weighted by Gasteiger charge is -2.21. The first kappa shape index (κ1) is 14.2. The van der Waals surface area contributed by atoms with Crippen LogP contribution in [0.15, 0.2) is 18.2 Å². The van der Waals surface area contributed by atoms with Crippen molar-refractivity contribution in [1.29, 1.82) is 0 Å². The Kier molecular flexibility index (Phi) is 5.43. The van der Waals surface area contributed by atoms with E-state index >= 15 is 0 Å². The Morgan fingerprint density at radius 3 is 2.19 bits per heavy atom. The summed E-state index contributed by atoms with van der Waals surface area (Å²) in [5.74, 6) is 1.07. The van der Waals surface area contributed by atoms with Crippen LogP contribution in [0.1, 0.15) is 26.3 Å². The molecule has 0 saturated carbocycles. The lowest BCUT2D eigenvalue weighted by molar-refractivity contribution is 0.399. The van der Waals surface area contributed by atoms with E-state index in [4.69, 9.17) is 34.8 Å². The SMILES string of the molecule is CC(C)C(C)C(Cl)Cc1ccc(Cl)c(Cl)c1. The highest BCUT2D eigenvalue weighted by Crippen LogP contribution is 2.27. The van der Waals surface area contributed by atoms with E-state index in [1.807, 2.05) is 18.2 Å². The molecule has 0 amide bonds. The standard InChI is InChI=1S/C13H17Cl3/c1-8(2)9(3)12(15)6-10-4-5-11(14)13(16)7-10/h4-5,7-9,12H,6H2,1-3H3. The molecular weight excluding hydrogens is 263 g/mol. The van der Waals surface area contributed by atoms with Gasteiger partial charge in [0.15, 0.2) is 0 Å². The number of rotatable bonds is 4. The van der Waals surface area contributed by atoms with E-state index in [1.165, 1.54) is 0 Å². The van der Waals surface area contributed by atoms with Gasteiger partial charge in [-0.3, -0.25) is 0 Å². The van der Waals surface area contributed by atoms with Gasteiger partial charge < -0.3 is 0 Å². The van der Waals surface area contributed by atoms with Crippen molar-refractivity contribution in [2.24, 2.45) is 11.8 Å². The van der Waals surface area contributed by atoms with Crippen LogP contribution >= 0.6 is 34.8 Å². The molecule has 0 N–H and O–H groups in total. The number of hydrogen-bond acceptors (Lipinski definition) is 0. The molecule has 0 saturated heterocycles. The maximum atomic E-state index is 6.38. The molecule has 0 radical (unpaired) electrons. The monoisotopic (exact) mass is 278 g/mol. The molecule has 0 bridgehead atoms. The van der Waals surface area contributed by atoms with Crippen molar-refractivity contribution in [2.75, 3.05) is 0 Å². The number of hydrogen-bond donors (Lipinski definition) is 0. The zero-order valence-corrected chi connectivity index (χ0v) is 12.1. The van der Waals surface area contributed by atoms with Gasteiger partial charge in [0, 0.05) is 5.38 Å². The van der Waals surface area contributed by atoms with Gasteiger partial charge in [-0.25, -0.2) is 0 Å². The highest BCUT2D eigenvalue weighted by molar-refractivity contribution is 6.42. The van der Waals surface area contributed by atoms with Gasteiger partial charge in [-0.15, -0.1) is 11.6 Å². The third-order valence-corrected chi connectivity index (χ3v) is 4.33. The fraction of sp³-hybridized carbons (Fsp3) is 0.538. The van der Waals surface area contributed by atoms with Crippen LogP contribution in [0.25, 0.3) is 0 Å². The second-order valence-electron chi connectivity index (χ2n) is 4.57. The van der Waals surface area contributed by atoms with Gasteiger partial charge in [-0.1, -0.05) is 50.0 Å². The van der Waals surface area contributed by atoms with E-state index in [0.29, 0.717) is 21.9 Å². The molecule has 0 aliphatic rings. The van der Waals surface area contributed by atoms with Gasteiger partial charge in [0.05, 0.1) is 10.0 Å². The molecule has 90 valence electrons. The predicted octanol–water partition coefficient (Wildman–Crippen LogP) is 5.44. The van der Waals surface area contributed by atoms with Crippen molar-refractivity contribution in [3.63, 3.8) is 0 Å². The summed E-state index contributed by atoms with van der Waals surface area (Å²) in [6, 6.07) is 5.70. The summed E-state index contributed by atoms with van der Waals surface area (Å²) in [6.07, 6.45) is 0.831. The quantitative estimate of drug-likeness (QED) is 0.644. The molecule has 3 heteroatoms. The van der Waals surface area contributed by atoms with Crippen LogP contribution in [-0.4, -0.2) is 5.38 Å². The first-order valence-electron chi connectivity index (χ1n) is 5.49. The zero-order valence-electron chi connectivity index (χ0n) is 9.81. The summed E-state index contributed by atoms with van der Waals surface area (Å²) in [7, 11) is 0. The van der Waals surface area contributed by atoms with Crippen molar-refractivity contribution in [1.82, 2.24) is 0 Å². The second-order valence-corrected chi connectivity index (χ2v) is 5.95. The molecule has 0 aliphatic carbocycles. The van der Waals surface area contributed by atoms with Crippen LogP contribution in [0.4, 0.5) is 0 Å². The molecule has 0 aliphatic heterocycles. The van der Waals surface area contributed by atoms with Crippen molar-refractivity contribution >= 4 is 34.8 Å². The maximum absolute atomic E-state index is 6.38. The van der Waals surface area contributed by atoms with E-state index in [9.17, 15) is 0 Å². The maximum Gasteiger partial charge on any atom is 0.0595 e. The summed E-state index contributed by atoms with van der Waals surface area (Å²) in [5.41, 5.74) is 1.14. The molecule has 16 heavy (non-hydrogen) atoms. The average Bonchev–Trinajstić information content (AvgIpc) is 2.22. The van der Waals surface area contributed by atoms with Crippen LogP contribution in [0.3, 0.4) is 0 Å². The minimum atomic E-state index is 0.136. The summed E-state index contributed by atoms with van der Waals surface area (Å²) in [5, 5.41) is 1.32. The molecular formula is C13H17Cl3. The van der Waals surface area contributed by atoms with Gasteiger partial charge >= 0.3 is 0 Å². The summed E-state index contributed by atoms with van der Waals surface area (Å²) < 4.78 is 0. The van der Waals surface area contributed by atoms with E-state index < -0.39 is 0 Å². The first-order chi connectivity index (χ1) is 7.41. The van der Waals surface area contributed by atoms with Crippen molar-refractivity contribution in [2.45, 2.75) is 32.6 Å². The Balaban J connectivity index is 2.69. The van der Waals surface area contributed by atoms with Crippen LogP contribution in [0.5, 0.6) is 0 Å². The highest BCUT2D eigenvalue weighted by Gasteiger charge is 2.18. The Labute approximate surface area is 113 Å². The molecule has 0 fully saturated rings. The largest absolute Gasteiger partial charge is 0.122 e. The Hall–Kier alpha value is 0.0900. The van der Waals surface area contributed by atoms with Crippen molar-refractivity contribution in [3.8, 4) is 0 Å². The molecule has 0 heterocycles. The lowest BCUT2D eigenvalue weighted by Crippen LogP contribution is -2.19. The number of alkyl halides is 1. The van der Waals surface area contributed by atoms with Gasteiger partial charge in [0.2, 0.25) is 0 Å². The molecule has 1 aromatic carbocycles. The van der Waals surface area contributed by atoms with Gasteiger partial charge in [-0.05, 0) is 36.0 Å². The van der Waals surface area contributed by atoms with Crippen molar-refractivity contribution in [3.05, 3.63) is 33.8 Å². The molecule has 0 nitrogen and oxygen atoms in total. The molecule has 0 spiro atoms. The van der Waals surface area contributed by atoms with Crippen molar-refractivity contribution < 1.29 is 0 Å². The van der Waals surface area contributed by atoms with E-state index in [-0.39, 0.29) is 5.38 Å². The Morgan fingerprint density at radius 1 is 1.06 bits per heavy atom. The molecule has 1 aromatic rings. The minimum absolute atomic E-state index is 0.136. The fourth-order valence-electron chi connectivity index (χ4n) is 1.50. The first-order valence-corrected chi connectivity index (χ1v) is 6.69. The summed E-state index contributed by atoms with van der Waals surface area (Å²) >= 11 is 18.2. The average molecular weight is 280 g/mol. The fourth-order valence-corrected chi connectivity index (χ4v) is 2.29. The van der Waals surface area contributed by atoms with Crippen LogP contribution in [0.2, 0.25) is 10.0 Å². The van der Waals surface area contributed by atoms with E-state index in [0.717, 1.165) is 12.0 Å². The third kappa shape index (κ3) is 3.84. The van der Waals surface area contributed by atoms with Gasteiger partial charge in [0.25, 0.3) is 0 Å². The summed E-state index contributed by atoms with van der Waals surface area (Å²) in [6.45, 7) is 6.56. The third-order valence-electron chi connectivity index (χ3n) is 3.04. The topological polar surface area (TPSA) is 0 Å². The lowest BCUT2D eigenvalue weighted by atomic mass is 9.91. The molecule has 2 atom stereocenters. The van der Waals surface area contributed by atoms with Crippen LogP contribution in [-0.2, 0) is 6.42 Å². The smallest absolute Gasteiger partial charge is 0.0595 e. The summed E-state index contributed by atoms with van der Waals surface area (Å²) in [4.78, 5) is 0. The highest BCUT2D eigenvalue weighted by atomic mass is 35.5. The van der Waals surface area contributed by atoms with E-state index in [2.05, 4.69) is 20.8 Å². The minimum Gasteiger partial charge on any atom is -0.122 e. The molecule has 2 unspecified atom stereocenters. The Bertz CT molecular complexity index is 347. The zero-order chi connectivity index (χ0) is 12.3. The number of benzene rings is 1. The second kappa shape index (κ2) is 6.14. The van der Waals surface area contributed by atoms with Gasteiger partial charge in [-0.2, -0.15) is 0 Å². The molecule has 0 aromatic heterocycles. The van der Waals surface area contributed by atoms with Crippen LogP contribution < -0.4 is 0 Å². The predicted molar refractivity (Wildman–Crippen MR) is 73.8 cm³/mol. The number of halogens is 3. The Morgan fingerprint density at radius 2 is 1.69 bits per heavy atom. The molecule has 1 rings (SSSR count). The van der Waals surface area contributed by atoms with Crippen LogP contribution in [0, 0.1) is 11.8 Å². The van der Waals surface area contributed by atoms with Gasteiger partial charge in [0.1, 0.15) is 0 Å². The van der Waals surface area contributed by atoms with E-state index in [1.54, 1.807) is 0 Å². The normalized spacial score (nSPS) is 15.2.